The van der Waals surface area contributed by atoms with Crippen LogP contribution in [-0.4, -0.2) is 26.8 Å². The molecule has 0 amide bonds. The molecule has 0 saturated carbocycles. The van der Waals surface area contributed by atoms with Gasteiger partial charge >= 0.3 is 0 Å². The highest BCUT2D eigenvalue weighted by molar-refractivity contribution is 9.10. The minimum Gasteiger partial charge on any atom is -0.504 e. The Morgan fingerprint density at radius 1 is 1.23 bits per heavy atom. The topological polar surface area (TPSA) is 76.0 Å². The lowest BCUT2D eigenvalue weighted by molar-refractivity contribution is 0.373. The van der Waals surface area contributed by atoms with Gasteiger partial charge in [-0.25, -0.2) is 0 Å². The van der Waals surface area contributed by atoms with Gasteiger partial charge in [0.1, 0.15) is 0 Å². The number of halogens is 1. The van der Waals surface area contributed by atoms with Gasteiger partial charge in [-0.2, -0.15) is 12.8 Å². The molecule has 2 aromatic rings. The van der Waals surface area contributed by atoms with Crippen LogP contribution in [0.1, 0.15) is 11.1 Å². The third-order valence-electron chi connectivity index (χ3n) is 2.95. The van der Waals surface area contributed by atoms with E-state index < -0.39 is 10.0 Å². The summed E-state index contributed by atoms with van der Waals surface area (Å²) in [6, 6.07) is 9.33. The summed E-state index contributed by atoms with van der Waals surface area (Å²) >= 11 is 3.28. The molecule has 0 aliphatic rings. The Bertz CT molecular complexity index is 814. The van der Waals surface area contributed by atoms with Crippen LogP contribution in [0.2, 0.25) is 0 Å². The molecule has 0 heterocycles. The lowest BCUT2D eigenvalue weighted by Gasteiger charge is -2.06. The van der Waals surface area contributed by atoms with E-state index in [2.05, 4.69) is 20.3 Å². The quantitative estimate of drug-likeness (QED) is 0.821. The van der Waals surface area contributed by atoms with Crippen LogP contribution in [0.3, 0.4) is 0 Å². The molecule has 0 saturated heterocycles. The molecule has 0 fully saturated rings. The number of aromatic hydroxyl groups is 1. The minimum atomic E-state index is -3.78. The van der Waals surface area contributed by atoms with Gasteiger partial charge in [-0.1, -0.05) is 17.7 Å². The van der Waals surface area contributed by atoms with E-state index in [1.165, 1.54) is 37.6 Å². The van der Waals surface area contributed by atoms with E-state index in [0.29, 0.717) is 10.0 Å². The molecule has 0 aliphatic carbocycles. The van der Waals surface area contributed by atoms with Gasteiger partial charge in [0.25, 0.3) is 10.0 Å². The van der Waals surface area contributed by atoms with Gasteiger partial charge in [0, 0.05) is 16.3 Å². The first-order chi connectivity index (χ1) is 10.3. The van der Waals surface area contributed by atoms with Crippen molar-refractivity contribution in [2.45, 2.75) is 11.8 Å². The number of benzene rings is 2. The van der Waals surface area contributed by atoms with Gasteiger partial charge in [-0.05, 0) is 47.1 Å². The number of rotatable bonds is 4. The zero-order chi connectivity index (χ0) is 16.3. The van der Waals surface area contributed by atoms with Crippen molar-refractivity contribution in [3.05, 3.63) is 52.0 Å². The summed E-state index contributed by atoms with van der Waals surface area (Å²) in [5.74, 6) is 0.185. The molecule has 0 bridgehead atoms. The van der Waals surface area contributed by atoms with E-state index in [1.54, 1.807) is 12.1 Å². The fourth-order valence-corrected chi connectivity index (χ4v) is 3.00. The molecule has 116 valence electrons. The van der Waals surface area contributed by atoms with E-state index in [-0.39, 0.29) is 16.4 Å². The second-order valence-corrected chi connectivity index (χ2v) is 7.05. The summed E-state index contributed by atoms with van der Waals surface area (Å²) in [4.78, 5) is 0.114. The van der Waals surface area contributed by atoms with Crippen molar-refractivity contribution in [3.8, 4) is 11.5 Å². The van der Waals surface area contributed by atoms with Gasteiger partial charge in [0.05, 0.1) is 12.0 Å². The second kappa shape index (κ2) is 6.50. The molecular weight excluding hydrogens is 370 g/mol. The number of hydrogen-bond acceptors (Lipinski definition) is 4. The average Bonchev–Trinajstić information content (AvgIpc) is 2.48. The number of methoxy groups -OCH3 is 1. The van der Waals surface area contributed by atoms with Crippen molar-refractivity contribution in [3.63, 3.8) is 0 Å². The molecule has 2 rings (SSSR count). The highest BCUT2D eigenvalue weighted by Gasteiger charge is 2.12. The number of aryl methyl sites for hydroxylation is 1. The van der Waals surface area contributed by atoms with E-state index in [1.807, 2.05) is 6.92 Å². The third-order valence-corrected chi connectivity index (χ3v) is 4.89. The standard InChI is InChI=1S/C15H14BrNO4S/c1-10-3-5-12(6-4-10)22(19,20)17-9-11-7-14(18)15(21-2)8-13(11)16/h3-9,18H,1-2H3. The Kier molecular flexibility index (Phi) is 4.87. The maximum atomic E-state index is 12.1. The third kappa shape index (κ3) is 3.66. The molecule has 0 radical (unpaired) electrons. The van der Waals surface area contributed by atoms with Crippen LogP contribution in [0.15, 0.2) is 50.2 Å². The molecule has 0 atom stereocenters. The largest absolute Gasteiger partial charge is 0.504 e. The van der Waals surface area contributed by atoms with Crippen molar-refractivity contribution >= 4 is 32.2 Å². The van der Waals surface area contributed by atoms with Gasteiger partial charge in [0.15, 0.2) is 11.5 Å². The number of phenols is 1. The van der Waals surface area contributed by atoms with Gasteiger partial charge in [0.2, 0.25) is 0 Å². The van der Waals surface area contributed by atoms with Crippen molar-refractivity contribution in [2.75, 3.05) is 7.11 Å². The molecule has 1 N–H and O–H groups in total. The van der Waals surface area contributed by atoms with E-state index in [0.717, 1.165) is 5.56 Å². The van der Waals surface area contributed by atoms with E-state index >= 15 is 0 Å². The first-order valence-electron chi connectivity index (χ1n) is 6.27. The molecular formula is C15H14BrNO4S. The Hall–Kier alpha value is -1.86. The number of hydrogen-bond donors (Lipinski definition) is 1. The average molecular weight is 384 g/mol. The predicted molar refractivity (Wildman–Crippen MR) is 88.3 cm³/mol. The number of nitrogens with zero attached hydrogens (tertiary/aromatic N) is 1. The molecule has 5 nitrogen and oxygen atoms in total. The Morgan fingerprint density at radius 3 is 2.45 bits per heavy atom. The van der Waals surface area contributed by atoms with Crippen LogP contribution in [-0.2, 0) is 10.0 Å². The summed E-state index contributed by atoms with van der Waals surface area (Å²) < 4.78 is 33.4. The van der Waals surface area contributed by atoms with E-state index in [4.69, 9.17) is 4.74 Å². The first kappa shape index (κ1) is 16.5. The molecule has 0 aliphatic heterocycles. The first-order valence-corrected chi connectivity index (χ1v) is 8.50. The lowest BCUT2D eigenvalue weighted by Crippen LogP contribution is -1.98. The number of sulfonamides is 1. The fourth-order valence-electron chi connectivity index (χ4n) is 1.72. The number of ether oxygens (including phenoxy) is 1. The van der Waals surface area contributed by atoms with Crippen LogP contribution in [0.25, 0.3) is 0 Å². The maximum Gasteiger partial charge on any atom is 0.282 e. The SMILES string of the molecule is COc1cc(Br)c(C=NS(=O)(=O)c2ccc(C)cc2)cc1O. The maximum absolute atomic E-state index is 12.1. The van der Waals surface area contributed by atoms with Crippen molar-refractivity contribution in [1.29, 1.82) is 0 Å². The second-order valence-electron chi connectivity index (χ2n) is 4.57. The fraction of sp³-hybridized carbons (Fsp3) is 0.133. The zero-order valence-corrected chi connectivity index (χ0v) is 14.3. The normalized spacial score (nSPS) is 11.8. The predicted octanol–water partition coefficient (Wildman–Crippen LogP) is 3.28. The zero-order valence-electron chi connectivity index (χ0n) is 11.9. The van der Waals surface area contributed by atoms with Gasteiger partial charge in [-0.3, -0.25) is 0 Å². The van der Waals surface area contributed by atoms with Crippen LogP contribution in [0, 0.1) is 6.92 Å². The van der Waals surface area contributed by atoms with Crippen molar-refractivity contribution in [1.82, 2.24) is 0 Å². The number of phenolic OH excluding ortho intramolecular Hbond substituents is 1. The molecule has 7 heteroatoms. The van der Waals surface area contributed by atoms with Crippen LogP contribution in [0.4, 0.5) is 0 Å². The highest BCUT2D eigenvalue weighted by atomic mass is 79.9. The summed E-state index contributed by atoms with van der Waals surface area (Å²) in [6.07, 6.45) is 1.18. The van der Waals surface area contributed by atoms with Crippen LogP contribution >= 0.6 is 15.9 Å². The Labute approximate surface area is 137 Å². The van der Waals surface area contributed by atoms with Gasteiger partial charge in [-0.15, -0.1) is 0 Å². The smallest absolute Gasteiger partial charge is 0.282 e. The van der Waals surface area contributed by atoms with Crippen molar-refractivity contribution < 1.29 is 18.3 Å². The van der Waals surface area contributed by atoms with Crippen molar-refractivity contribution in [2.24, 2.45) is 4.40 Å². The molecule has 2 aromatic carbocycles. The van der Waals surface area contributed by atoms with Gasteiger partial charge < -0.3 is 9.84 Å². The molecule has 0 unspecified atom stereocenters. The summed E-state index contributed by atoms with van der Waals surface area (Å²) in [7, 11) is -2.36. The molecule has 22 heavy (non-hydrogen) atoms. The highest BCUT2D eigenvalue weighted by Crippen LogP contribution is 2.31. The monoisotopic (exact) mass is 383 g/mol. The molecule has 0 aromatic heterocycles. The minimum absolute atomic E-state index is 0.0973. The lowest BCUT2D eigenvalue weighted by atomic mass is 10.2. The Morgan fingerprint density at radius 2 is 1.86 bits per heavy atom. The summed E-state index contributed by atoms with van der Waals surface area (Å²) in [6.45, 7) is 1.87. The Balaban J connectivity index is 2.35. The van der Waals surface area contributed by atoms with E-state index in [9.17, 15) is 13.5 Å². The summed E-state index contributed by atoms with van der Waals surface area (Å²) in [5.41, 5.74) is 1.39. The molecule has 0 spiro atoms. The van der Waals surface area contributed by atoms with Crippen LogP contribution in [0.5, 0.6) is 11.5 Å². The summed E-state index contributed by atoms with van der Waals surface area (Å²) in [5, 5.41) is 9.74. The van der Waals surface area contributed by atoms with Crippen LogP contribution < -0.4 is 4.74 Å².